The Morgan fingerprint density at radius 3 is 2.53 bits per heavy atom. The van der Waals surface area contributed by atoms with E-state index in [-0.39, 0.29) is 11.7 Å². The number of benzene rings is 1. The lowest BCUT2D eigenvalue weighted by molar-refractivity contribution is -0.113. The van der Waals surface area contributed by atoms with E-state index in [0.717, 1.165) is 28.2 Å². The van der Waals surface area contributed by atoms with Crippen LogP contribution in [0.2, 0.25) is 0 Å². The van der Waals surface area contributed by atoms with Gasteiger partial charge in [0, 0.05) is 23.6 Å². The van der Waals surface area contributed by atoms with Crippen LogP contribution in [0.1, 0.15) is 17.5 Å². The molecule has 0 aliphatic carbocycles. The van der Waals surface area contributed by atoms with Crippen molar-refractivity contribution in [2.45, 2.75) is 25.4 Å². The number of aromatic nitrogens is 6. The van der Waals surface area contributed by atoms with Crippen LogP contribution < -0.4 is 5.32 Å². The first kappa shape index (κ1) is 20.2. The number of hydrogen-bond donors (Lipinski definition) is 1. The molecular formula is C20H19N7OS2. The fraction of sp³-hybridized carbons (Fsp3) is 0.200. The van der Waals surface area contributed by atoms with Crippen LogP contribution in [-0.2, 0) is 11.2 Å². The summed E-state index contributed by atoms with van der Waals surface area (Å²) in [6.07, 6.45) is 4.23. The van der Waals surface area contributed by atoms with Gasteiger partial charge < -0.3 is 0 Å². The number of nitrogens with zero attached hydrogens (tertiary/aromatic N) is 6. The standard InChI is InChI=1S/C20H19N7OS2/c1-3-17-23-25-19(30-17)22-16(28)12-29-20-26-24-18(14-8-10-21-11-9-14)27(20)15-6-4-13(2)5-7-15/h4-11H,3,12H2,1-2H3,(H,22,25,28). The molecule has 0 saturated carbocycles. The zero-order valence-electron chi connectivity index (χ0n) is 16.4. The van der Waals surface area contributed by atoms with Gasteiger partial charge in [-0.15, -0.1) is 20.4 Å². The van der Waals surface area contributed by atoms with E-state index in [1.54, 1.807) is 12.4 Å². The summed E-state index contributed by atoms with van der Waals surface area (Å²) < 4.78 is 1.95. The van der Waals surface area contributed by atoms with E-state index in [9.17, 15) is 4.79 Å². The van der Waals surface area contributed by atoms with Gasteiger partial charge in [-0.05, 0) is 37.6 Å². The molecule has 0 unspecified atom stereocenters. The predicted molar refractivity (Wildman–Crippen MR) is 118 cm³/mol. The number of anilines is 1. The Hall–Kier alpha value is -3.11. The summed E-state index contributed by atoms with van der Waals surface area (Å²) >= 11 is 2.70. The van der Waals surface area contributed by atoms with Crippen LogP contribution in [0.25, 0.3) is 17.1 Å². The van der Waals surface area contributed by atoms with E-state index in [1.807, 2.05) is 54.8 Å². The van der Waals surface area contributed by atoms with Gasteiger partial charge in [0.15, 0.2) is 11.0 Å². The van der Waals surface area contributed by atoms with Crippen molar-refractivity contribution in [2.24, 2.45) is 0 Å². The first-order valence-electron chi connectivity index (χ1n) is 9.32. The molecule has 1 amide bonds. The van der Waals surface area contributed by atoms with Gasteiger partial charge in [0.05, 0.1) is 5.75 Å². The summed E-state index contributed by atoms with van der Waals surface area (Å²) in [5, 5.41) is 21.5. The monoisotopic (exact) mass is 437 g/mol. The van der Waals surface area contributed by atoms with Gasteiger partial charge in [-0.25, -0.2) is 0 Å². The van der Waals surface area contributed by atoms with Gasteiger partial charge in [-0.1, -0.05) is 47.7 Å². The minimum atomic E-state index is -0.164. The number of thioether (sulfide) groups is 1. The topological polar surface area (TPSA) is 98.5 Å². The molecule has 8 nitrogen and oxygen atoms in total. The Bertz CT molecular complexity index is 1140. The molecule has 0 aliphatic heterocycles. The number of aryl methyl sites for hydroxylation is 2. The van der Waals surface area contributed by atoms with Gasteiger partial charge in [0.1, 0.15) is 5.01 Å². The van der Waals surface area contributed by atoms with E-state index >= 15 is 0 Å². The number of carbonyl (C=O) groups excluding carboxylic acids is 1. The van der Waals surface area contributed by atoms with Crippen LogP contribution in [-0.4, -0.2) is 41.6 Å². The normalized spacial score (nSPS) is 10.9. The SMILES string of the molecule is CCc1nnc(NC(=O)CSc2nnc(-c3ccncc3)n2-c2ccc(C)cc2)s1. The van der Waals surface area contributed by atoms with Crippen molar-refractivity contribution in [2.75, 3.05) is 11.1 Å². The number of nitrogens with one attached hydrogen (secondary N) is 1. The summed E-state index contributed by atoms with van der Waals surface area (Å²) in [6, 6.07) is 11.9. The lowest BCUT2D eigenvalue weighted by atomic mass is 10.2. The molecule has 10 heteroatoms. The van der Waals surface area contributed by atoms with Crippen LogP contribution in [0.15, 0.2) is 53.9 Å². The molecule has 152 valence electrons. The lowest BCUT2D eigenvalue weighted by Gasteiger charge is -2.10. The number of rotatable bonds is 7. The average Bonchev–Trinajstić information content (AvgIpc) is 3.40. The molecule has 1 aromatic carbocycles. The third-order valence-electron chi connectivity index (χ3n) is 4.21. The number of pyridine rings is 1. The first-order valence-corrected chi connectivity index (χ1v) is 11.1. The second-order valence-electron chi connectivity index (χ2n) is 6.40. The van der Waals surface area contributed by atoms with Crippen molar-refractivity contribution in [1.29, 1.82) is 0 Å². The molecule has 0 spiro atoms. The molecule has 4 aromatic rings. The van der Waals surface area contributed by atoms with E-state index in [0.29, 0.717) is 16.1 Å². The van der Waals surface area contributed by atoms with Gasteiger partial charge in [-0.3, -0.25) is 19.7 Å². The molecule has 0 radical (unpaired) electrons. The summed E-state index contributed by atoms with van der Waals surface area (Å²) in [7, 11) is 0. The molecule has 0 fully saturated rings. The van der Waals surface area contributed by atoms with Gasteiger partial charge in [0.25, 0.3) is 0 Å². The maximum absolute atomic E-state index is 12.4. The van der Waals surface area contributed by atoms with Gasteiger partial charge >= 0.3 is 0 Å². The Morgan fingerprint density at radius 1 is 1.07 bits per heavy atom. The Balaban J connectivity index is 1.57. The lowest BCUT2D eigenvalue weighted by Crippen LogP contribution is -2.14. The van der Waals surface area contributed by atoms with Crippen LogP contribution >= 0.6 is 23.1 Å². The van der Waals surface area contributed by atoms with E-state index in [4.69, 9.17) is 0 Å². The summed E-state index contributed by atoms with van der Waals surface area (Å²) in [5.41, 5.74) is 2.99. The number of amides is 1. The average molecular weight is 438 g/mol. The maximum Gasteiger partial charge on any atom is 0.236 e. The number of carbonyl (C=O) groups is 1. The van der Waals surface area contributed by atoms with Crippen LogP contribution in [0.5, 0.6) is 0 Å². The first-order chi connectivity index (χ1) is 14.6. The van der Waals surface area contributed by atoms with Crippen LogP contribution in [0.3, 0.4) is 0 Å². The molecule has 1 N–H and O–H groups in total. The zero-order valence-corrected chi connectivity index (χ0v) is 18.1. The minimum Gasteiger partial charge on any atom is -0.300 e. The van der Waals surface area contributed by atoms with Crippen molar-refractivity contribution in [3.8, 4) is 17.1 Å². The molecule has 0 saturated heterocycles. The Kier molecular flexibility index (Phi) is 6.15. The highest BCUT2D eigenvalue weighted by molar-refractivity contribution is 7.99. The van der Waals surface area contributed by atoms with E-state index in [1.165, 1.54) is 23.1 Å². The number of hydrogen-bond acceptors (Lipinski definition) is 8. The molecular weight excluding hydrogens is 418 g/mol. The Morgan fingerprint density at radius 2 is 1.83 bits per heavy atom. The minimum absolute atomic E-state index is 0.164. The fourth-order valence-corrected chi connectivity index (χ4v) is 4.16. The maximum atomic E-state index is 12.4. The predicted octanol–water partition coefficient (Wildman–Crippen LogP) is 3.78. The van der Waals surface area contributed by atoms with Gasteiger partial charge in [-0.2, -0.15) is 0 Å². The second kappa shape index (κ2) is 9.14. The third-order valence-corrected chi connectivity index (χ3v) is 6.12. The molecule has 3 heterocycles. The summed E-state index contributed by atoms with van der Waals surface area (Å²) in [4.78, 5) is 16.5. The van der Waals surface area contributed by atoms with Crippen molar-refractivity contribution in [3.63, 3.8) is 0 Å². The molecule has 30 heavy (non-hydrogen) atoms. The highest BCUT2D eigenvalue weighted by atomic mass is 32.2. The molecule has 3 aromatic heterocycles. The fourth-order valence-electron chi connectivity index (χ4n) is 2.71. The van der Waals surface area contributed by atoms with Crippen molar-refractivity contribution < 1.29 is 4.79 Å². The summed E-state index contributed by atoms with van der Waals surface area (Å²) in [5.74, 6) is 0.713. The quantitative estimate of drug-likeness (QED) is 0.439. The zero-order chi connectivity index (χ0) is 20.9. The molecule has 0 atom stereocenters. The van der Waals surface area contributed by atoms with E-state index < -0.39 is 0 Å². The smallest absolute Gasteiger partial charge is 0.236 e. The molecule has 0 aliphatic rings. The molecule has 4 rings (SSSR count). The van der Waals surface area contributed by atoms with Crippen molar-refractivity contribution in [3.05, 3.63) is 59.4 Å². The largest absolute Gasteiger partial charge is 0.300 e. The van der Waals surface area contributed by atoms with Gasteiger partial charge in [0.2, 0.25) is 11.0 Å². The highest BCUT2D eigenvalue weighted by Gasteiger charge is 2.18. The van der Waals surface area contributed by atoms with Crippen LogP contribution in [0.4, 0.5) is 5.13 Å². The van der Waals surface area contributed by atoms with Crippen molar-refractivity contribution >= 4 is 34.1 Å². The second-order valence-corrected chi connectivity index (χ2v) is 8.41. The van der Waals surface area contributed by atoms with E-state index in [2.05, 4.69) is 30.7 Å². The molecule has 0 bridgehead atoms. The highest BCUT2D eigenvalue weighted by Crippen LogP contribution is 2.28. The van der Waals surface area contributed by atoms with Crippen molar-refractivity contribution in [1.82, 2.24) is 29.9 Å². The Labute approximate surface area is 181 Å². The summed E-state index contributed by atoms with van der Waals surface area (Å²) in [6.45, 7) is 4.04. The van der Waals surface area contributed by atoms with Crippen LogP contribution in [0, 0.1) is 6.92 Å². The third kappa shape index (κ3) is 4.55.